The van der Waals surface area contributed by atoms with Crippen LogP contribution in [0.5, 0.6) is 0 Å². The van der Waals surface area contributed by atoms with Gasteiger partial charge in [0.15, 0.2) is 0 Å². The molecule has 0 unspecified atom stereocenters. The zero-order chi connectivity index (χ0) is 14.7. The SMILES string of the molecule is COC(=O)c1ccc(N)c(Sc2ccc(F)cc2F)c1. The maximum atomic E-state index is 13.6. The Bertz CT molecular complexity index is 662. The summed E-state index contributed by atoms with van der Waals surface area (Å²) in [6.45, 7) is 0. The number of hydrogen-bond donors (Lipinski definition) is 1. The summed E-state index contributed by atoms with van der Waals surface area (Å²) in [6, 6.07) is 7.84. The van der Waals surface area contributed by atoms with E-state index < -0.39 is 17.6 Å². The lowest BCUT2D eigenvalue weighted by Gasteiger charge is -2.08. The summed E-state index contributed by atoms with van der Waals surface area (Å²) in [6.07, 6.45) is 0. The van der Waals surface area contributed by atoms with Crippen molar-refractivity contribution in [2.45, 2.75) is 9.79 Å². The van der Waals surface area contributed by atoms with Gasteiger partial charge in [-0.05, 0) is 30.3 Å². The van der Waals surface area contributed by atoms with Gasteiger partial charge in [-0.15, -0.1) is 0 Å². The molecule has 2 rings (SSSR count). The first kappa shape index (κ1) is 14.3. The Morgan fingerprint density at radius 3 is 2.55 bits per heavy atom. The van der Waals surface area contributed by atoms with Crippen molar-refractivity contribution in [3.05, 3.63) is 53.6 Å². The molecule has 20 heavy (non-hydrogen) atoms. The predicted molar refractivity (Wildman–Crippen MR) is 72.7 cm³/mol. The first-order valence-electron chi connectivity index (χ1n) is 5.62. The van der Waals surface area contributed by atoms with E-state index in [1.807, 2.05) is 0 Å². The predicted octanol–water partition coefficient (Wildman–Crippen LogP) is 3.48. The zero-order valence-electron chi connectivity index (χ0n) is 10.5. The number of esters is 1. The first-order chi connectivity index (χ1) is 9.51. The summed E-state index contributed by atoms with van der Waals surface area (Å²) in [7, 11) is 1.27. The van der Waals surface area contributed by atoms with Gasteiger partial charge in [-0.1, -0.05) is 11.8 Å². The van der Waals surface area contributed by atoms with E-state index in [-0.39, 0.29) is 4.90 Å². The number of anilines is 1. The topological polar surface area (TPSA) is 52.3 Å². The number of rotatable bonds is 3. The minimum atomic E-state index is -0.683. The Hall–Kier alpha value is -2.08. The average Bonchev–Trinajstić information content (AvgIpc) is 2.43. The van der Waals surface area contributed by atoms with Crippen molar-refractivity contribution in [2.75, 3.05) is 12.8 Å². The van der Waals surface area contributed by atoms with Crippen molar-refractivity contribution >= 4 is 23.4 Å². The standard InChI is InChI=1S/C14H11F2NO2S/c1-19-14(18)8-2-4-11(17)13(6-8)20-12-5-3-9(15)7-10(12)16/h2-7H,17H2,1H3. The van der Waals surface area contributed by atoms with Crippen LogP contribution in [0.2, 0.25) is 0 Å². The molecule has 0 bridgehead atoms. The monoisotopic (exact) mass is 295 g/mol. The van der Waals surface area contributed by atoms with E-state index in [4.69, 9.17) is 5.73 Å². The summed E-state index contributed by atoms with van der Waals surface area (Å²) in [5, 5.41) is 0. The van der Waals surface area contributed by atoms with Crippen LogP contribution in [0.4, 0.5) is 14.5 Å². The molecular weight excluding hydrogens is 284 g/mol. The number of nitrogen functional groups attached to an aromatic ring is 1. The van der Waals surface area contributed by atoms with Crippen LogP contribution in [-0.4, -0.2) is 13.1 Å². The van der Waals surface area contributed by atoms with Crippen molar-refractivity contribution in [1.82, 2.24) is 0 Å². The number of carbonyl (C=O) groups is 1. The van der Waals surface area contributed by atoms with Crippen molar-refractivity contribution < 1.29 is 18.3 Å². The van der Waals surface area contributed by atoms with Gasteiger partial charge in [-0.25, -0.2) is 13.6 Å². The van der Waals surface area contributed by atoms with Gasteiger partial charge in [0, 0.05) is 21.5 Å². The van der Waals surface area contributed by atoms with Crippen LogP contribution in [0.3, 0.4) is 0 Å². The fourth-order valence-electron chi connectivity index (χ4n) is 1.54. The minimum Gasteiger partial charge on any atom is -0.465 e. The van der Waals surface area contributed by atoms with Gasteiger partial charge in [-0.3, -0.25) is 0 Å². The molecule has 3 nitrogen and oxygen atoms in total. The Morgan fingerprint density at radius 2 is 1.90 bits per heavy atom. The number of nitrogens with two attached hydrogens (primary N) is 1. The van der Waals surface area contributed by atoms with Crippen molar-refractivity contribution in [3.8, 4) is 0 Å². The molecule has 2 aromatic carbocycles. The number of carbonyl (C=O) groups excluding carboxylic acids is 1. The summed E-state index contributed by atoms with van der Waals surface area (Å²) >= 11 is 1.02. The van der Waals surface area contributed by atoms with Crippen molar-refractivity contribution in [2.24, 2.45) is 0 Å². The van der Waals surface area contributed by atoms with E-state index in [0.29, 0.717) is 16.1 Å². The molecule has 0 aromatic heterocycles. The summed E-state index contributed by atoms with van der Waals surface area (Å²) < 4.78 is 31.1. The van der Waals surface area contributed by atoms with Gasteiger partial charge in [-0.2, -0.15) is 0 Å². The van der Waals surface area contributed by atoms with Gasteiger partial charge < -0.3 is 10.5 Å². The van der Waals surface area contributed by atoms with Gasteiger partial charge in [0.2, 0.25) is 0 Å². The van der Waals surface area contributed by atoms with Crippen LogP contribution in [0.25, 0.3) is 0 Å². The molecule has 0 fully saturated rings. The number of halogens is 2. The smallest absolute Gasteiger partial charge is 0.337 e. The Balaban J connectivity index is 2.35. The molecule has 104 valence electrons. The Kier molecular flexibility index (Phi) is 4.24. The Morgan fingerprint density at radius 1 is 1.15 bits per heavy atom. The summed E-state index contributed by atoms with van der Waals surface area (Å²) in [4.78, 5) is 12.2. The maximum absolute atomic E-state index is 13.6. The zero-order valence-corrected chi connectivity index (χ0v) is 11.3. The highest BCUT2D eigenvalue weighted by Gasteiger charge is 2.12. The second-order valence-corrected chi connectivity index (χ2v) is 5.00. The van der Waals surface area contributed by atoms with Crippen LogP contribution in [0.1, 0.15) is 10.4 Å². The van der Waals surface area contributed by atoms with Crippen LogP contribution in [0, 0.1) is 11.6 Å². The molecule has 0 saturated heterocycles. The van der Waals surface area contributed by atoms with E-state index in [2.05, 4.69) is 4.74 Å². The molecule has 0 atom stereocenters. The fourth-order valence-corrected chi connectivity index (χ4v) is 2.45. The highest BCUT2D eigenvalue weighted by molar-refractivity contribution is 7.99. The molecule has 0 amide bonds. The third-order valence-corrected chi connectivity index (χ3v) is 3.67. The Labute approximate surface area is 118 Å². The van der Waals surface area contributed by atoms with Gasteiger partial charge in [0.25, 0.3) is 0 Å². The fraction of sp³-hybridized carbons (Fsp3) is 0.0714. The molecule has 0 aliphatic carbocycles. The van der Waals surface area contributed by atoms with Gasteiger partial charge in [0.1, 0.15) is 11.6 Å². The number of ether oxygens (including phenoxy) is 1. The molecule has 0 aliphatic rings. The first-order valence-corrected chi connectivity index (χ1v) is 6.43. The van der Waals surface area contributed by atoms with Crippen LogP contribution >= 0.6 is 11.8 Å². The molecule has 2 N–H and O–H groups in total. The number of benzene rings is 2. The molecule has 0 aliphatic heterocycles. The lowest BCUT2D eigenvalue weighted by molar-refractivity contribution is 0.0600. The van der Waals surface area contributed by atoms with Crippen LogP contribution in [0.15, 0.2) is 46.2 Å². The van der Waals surface area contributed by atoms with Crippen LogP contribution < -0.4 is 5.73 Å². The van der Waals surface area contributed by atoms with Crippen molar-refractivity contribution in [1.29, 1.82) is 0 Å². The van der Waals surface area contributed by atoms with E-state index in [1.54, 1.807) is 0 Å². The molecule has 0 radical (unpaired) electrons. The van der Waals surface area contributed by atoms with E-state index >= 15 is 0 Å². The van der Waals surface area contributed by atoms with Crippen molar-refractivity contribution in [3.63, 3.8) is 0 Å². The van der Waals surface area contributed by atoms with Gasteiger partial charge >= 0.3 is 5.97 Å². The lowest BCUT2D eigenvalue weighted by atomic mass is 10.2. The highest BCUT2D eigenvalue weighted by atomic mass is 32.2. The van der Waals surface area contributed by atoms with E-state index in [0.717, 1.165) is 23.9 Å². The second kappa shape index (κ2) is 5.92. The third kappa shape index (κ3) is 3.08. The third-order valence-electron chi connectivity index (χ3n) is 2.55. The molecule has 0 heterocycles. The van der Waals surface area contributed by atoms with E-state index in [1.165, 1.54) is 31.4 Å². The largest absolute Gasteiger partial charge is 0.465 e. The summed E-state index contributed by atoms with van der Waals surface area (Å²) in [5.74, 6) is -1.84. The van der Waals surface area contributed by atoms with Gasteiger partial charge in [0.05, 0.1) is 12.7 Å². The molecule has 2 aromatic rings. The minimum absolute atomic E-state index is 0.222. The quantitative estimate of drug-likeness (QED) is 0.695. The normalized spacial score (nSPS) is 10.3. The number of hydrogen-bond acceptors (Lipinski definition) is 4. The molecule has 6 heteroatoms. The number of methoxy groups -OCH3 is 1. The summed E-state index contributed by atoms with van der Waals surface area (Å²) in [5.41, 5.74) is 6.50. The highest BCUT2D eigenvalue weighted by Crippen LogP contribution is 2.34. The second-order valence-electron chi connectivity index (χ2n) is 3.92. The lowest BCUT2D eigenvalue weighted by Crippen LogP contribution is -2.02. The maximum Gasteiger partial charge on any atom is 0.337 e. The van der Waals surface area contributed by atoms with E-state index in [9.17, 15) is 13.6 Å². The molecular formula is C14H11F2NO2S. The molecule has 0 saturated carbocycles. The average molecular weight is 295 g/mol. The molecule has 0 spiro atoms. The van der Waals surface area contributed by atoms with Crippen LogP contribution in [-0.2, 0) is 4.74 Å².